The molecule has 1 aromatic heterocycles. The van der Waals surface area contributed by atoms with Gasteiger partial charge in [-0.1, -0.05) is 36.2 Å². The lowest BCUT2D eigenvalue weighted by molar-refractivity contribution is 0.0740. The van der Waals surface area contributed by atoms with E-state index >= 15 is 0 Å². The largest absolute Gasteiger partial charge is 0.369 e. The smallest absolute Gasteiger partial charge is 0.224 e. The molecule has 2 heterocycles. The van der Waals surface area contributed by atoms with Crippen LogP contribution < -0.4 is 21.3 Å². The first-order valence-electron chi connectivity index (χ1n) is 12.1. The molecule has 1 aliphatic heterocycles. The van der Waals surface area contributed by atoms with Crippen LogP contribution in [0.15, 0.2) is 30.5 Å². The SMILES string of the molecule is N#Cc1cnc(NCc2ccccc2Cl)nc1NCC1C[C@H]2CCC[C@@H](C1)C2NC1CNC1. The molecule has 2 unspecified atom stereocenters. The third-order valence-corrected chi connectivity index (χ3v) is 7.88. The molecular formula is C25H32ClN7. The number of nitrogens with one attached hydrogen (secondary N) is 4. The van der Waals surface area contributed by atoms with Crippen LogP contribution in [0.2, 0.25) is 5.02 Å². The van der Waals surface area contributed by atoms with Gasteiger partial charge >= 0.3 is 0 Å². The van der Waals surface area contributed by atoms with Crippen LogP contribution in [-0.4, -0.2) is 41.7 Å². The third-order valence-electron chi connectivity index (χ3n) is 7.51. The van der Waals surface area contributed by atoms with Crippen LogP contribution in [0.3, 0.4) is 0 Å². The van der Waals surface area contributed by atoms with Crippen molar-refractivity contribution in [3.05, 3.63) is 46.6 Å². The highest BCUT2D eigenvalue weighted by atomic mass is 35.5. The van der Waals surface area contributed by atoms with E-state index in [4.69, 9.17) is 11.6 Å². The van der Waals surface area contributed by atoms with E-state index in [1.165, 1.54) is 32.1 Å². The highest BCUT2D eigenvalue weighted by Crippen LogP contribution is 2.43. The fourth-order valence-electron chi connectivity index (χ4n) is 5.73. The summed E-state index contributed by atoms with van der Waals surface area (Å²) >= 11 is 6.25. The minimum absolute atomic E-state index is 0.478. The van der Waals surface area contributed by atoms with Crippen LogP contribution in [0.1, 0.15) is 43.2 Å². The summed E-state index contributed by atoms with van der Waals surface area (Å²) < 4.78 is 0. The summed E-state index contributed by atoms with van der Waals surface area (Å²) in [5.41, 5.74) is 1.46. The second-order valence-electron chi connectivity index (χ2n) is 9.73. The van der Waals surface area contributed by atoms with Crippen LogP contribution in [0.25, 0.3) is 0 Å². The maximum absolute atomic E-state index is 9.55. The van der Waals surface area contributed by atoms with E-state index in [0.29, 0.717) is 46.9 Å². The summed E-state index contributed by atoms with van der Waals surface area (Å²) in [5, 5.41) is 24.3. The lowest BCUT2D eigenvalue weighted by atomic mass is 9.64. The van der Waals surface area contributed by atoms with Gasteiger partial charge in [-0.05, 0) is 55.1 Å². The Morgan fingerprint density at radius 3 is 2.61 bits per heavy atom. The summed E-state index contributed by atoms with van der Waals surface area (Å²) in [4.78, 5) is 8.91. The molecule has 174 valence electrons. The number of aromatic nitrogens is 2. The highest BCUT2D eigenvalue weighted by Gasteiger charge is 2.41. The first kappa shape index (κ1) is 22.4. The highest BCUT2D eigenvalue weighted by molar-refractivity contribution is 6.31. The molecule has 8 heteroatoms. The van der Waals surface area contributed by atoms with E-state index in [1.807, 2.05) is 24.3 Å². The van der Waals surface area contributed by atoms with E-state index < -0.39 is 0 Å². The van der Waals surface area contributed by atoms with E-state index in [9.17, 15) is 5.26 Å². The number of halogens is 1. The van der Waals surface area contributed by atoms with Crippen LogP contribution in [-0.2, 0) is 6.54 Å². The first-order chi connectivity index (χ1) is 16.2. The van der Waals surface area contributed by atoms with E-state index in [-0.39, 0.29) is 0 Å². The van der Waals surface area contributed by atoms with Gasteiger partial charge in [0, 0.05) is 43.3 Å². The first-order valence-corrected chi connectivity index (χ1v) is 12.5. The van der Waals surface area contributed by atoms with Gasteiger partial charge in [0.25, 0.3) is 0 Å². The van der Waals surface area contributed by atoms with Gasteiger partial charge in [-0.25, -0.2) is 4.98 Å². The van der Waals surface area contributed by atoms with Crippen molar-refractivity contribution < 1.29 is 0 Å². The molecule has 3 aliphatic rings. The molecule has 0 spiro atoms. The molecule has 1 saturated heterocycles. The molecule has 0 radical (unpaired) electrons. The third kappa shape index (κ3) is 5.24. The summed E-state index contributed by atoms with van der Waals surface area (Å²) in [6.45, 7) is 3.60. The summed E-state index contributed by atoms with van der Waals surface area (Å²) in [5.74, 6) is 3.24. The predicted octanol–water partition coefficient (Wildman–Crippen LogP) is 3.78. The van der Waals surface area contributed by atoms with E-state index in [1.54, 1.807) is 6.20 Å². The van der Waals surface area contributed by atoms with Crippen molar-refractivity contribution >= 4 is 23.4 Å². The quantitative estimate of drug-likeness (QED) is 0.471. The van der Waals surface area contributed by atoms with Crippen molar-refractivity contribution in [2.75, 3.05) is 30.3 Å². The zero-order valence-corrected chi connectivity index (χ0v) is 19.6. The number of fused-ring (bicyclic) bond motifs is 2. The average Bonchev–Trinajstić information content (AvgIpc) is 2.79. The minimum atomic E-state index is 0.478. The zero-order valence-electron chi connectivity index (χ0n) is 18.9. The van der Waals surface area contributed by atoms with Crippen molar-refractivity contribution in [2.24, 2.45) is 17.8 Å². The predicted molar refractivity (Wildman–Crippen MR) is 131 cm³/mol. The number of benzene rings is 1. The van der Waals surface area contributed by atoms with Crippen molar-refractivity contribution in [3.8, 4) is 6.07 Å². The van der Waals surface area contributed by atoms with Gasteiger partial charge in [0.15, 0.2) is 0 Å². The van der Waals surface area contributed by atoms with Crippen molar-refractivity contribution in [2.45, 2.75) is 50.7 Å². The Hall–Kier alpha value is -2.40. The topological polar surface area (TPSA) is 97.7 Å². The molecule has 2 aliphatic carbocycles. The van der Waals surface area contributed by atoms with Gasteiger partial charge in [0.2, 0.25) is 5.95 Å². The maximum atomic E-state index is 9.55. The molecule has 4 atom stereocenters. The van der Waals surface area contributed by atoms with E-state index in [0.717, 1.165) is 37.0 Å². The van der Waals surface area contributed by atoms with Crippen LogP contribution in [0.4, 0.5) is 11.8 Å². The maximum Gasteiger partial charge on any atom is 0.224 e. The Morgan fingerprint density at radius 2 is 1.91 bits per heavy atom. The van der Waals surface area contributed by atoms with Crippen LogP contribution in [0, 0.1) is 29.1 Å². The van der Waals surface area contributed by atoms with Crippen molar-refractivity contribution in [1.29, 1.82) is 5.26 Å². The summed E-state index contributed by atoms with van der Waals surface area (Å²) in [7, 11) is 0. The normalized spacial score (nSPS) is 26.8. The molecule has 33 heavy (non-hydrogen) atoms. The molecule has 3 fully saturated rings. The fourth-order valence-corrected chi connectivity index (χ4v) is 5.93. The standard InChI is InChI=1S/C25H32ClN7/c26-22-7-2-1-4-19(22)12-30-25-31-13-20(10-27)24(33-25)29-11-16-8-17-5-3-6-18(9-16)23(17)32-21-14-28-15-21/h1-2,4,7,13,16-18,21,23,28,32H,3,5-6,8-9,11-12,14-15H2,(H2,29,30,31,33)/t16?,17-,18+,23?. The number of nitrogens with zero attached hydrogens (tertiary/aromatic N) is 3. The molecule has 2 bridgehead atoms. The van der Waals surface area contributed by atoms with Gasteiger partial charge in [-0.3, -0.25) is 0 Å². The second kappa shape index (κ2) is 10.3. The lowest BCUT2D eigenvalue weighted by Gasteiger charge is -2.48. The molecule has 1 aromatic carbocycles. The van der Waals surface area contributed by atoms with Crippen LogP contribution >= 0.6 is 11.6 Å². The molecule has 0 amide bonds. The molecular weight excluding hydrogens is 434 g/mol. The Bertz CT molecular complexity index is 988. The molecule has 5 rings (SSSR count). The zero-order chi connectivity index (χ0) is 22.6. The van der Waals surface area contributed by atoms with Gasteiger partial charge in [-0.15, -0.1) is 0 Å². The Kier molecular flexibility index (Phi) is 6.96. The van der Waals surface area contributed by atoms with Gasteiger partial charge in [0.05, 0.1) is 6.20 Å². The van der Waals surface area contributed by atoms with Gasteiger partial charge in [-0.2, -0.15) is 10.2 Å². The van der Waals surface area contributed by atoms with Gasteiger partial charge in [0.1, 0.15) is 17.5 Å². The number of hydrogen-bond acceptors (Lipinski definition) is 7. The van der Waals surface area contributed by atoms with E-state index in [2.05, 4.69) is 37.3 Å². The monoisotopic (exact) mass is 465 g/mol. The minimum Gasteiger partial charge on any atom is -0.369 e. The lowest BCUT2D eigenvalue weighted by Crippen LogP contribution is -2.62. The molecule has 7 nitrogen and oxygen atoms in total. The second-order valence-corrected chi connectivity index (χ2v) is 10.1. The number of hydrogen-bond donors (Lipinski definition) is 4. The number of nitriles is 1. The molecule has 2 aromatic rings. The van der Waals surface area contributed by atoms with Crippen molar-refractivity contribution in [3.63, 3.8) is 0 Å². The Morgan fingerprint density at radius 1 is 1.12 bits per heavy atom. The molecule has 4 N–H and O–H groups in total. The molecule has 2 saturated carbocycles. The Balaban J connectivity index is 1.20. The van der Waals surface area contributed by atoms with Gasteiger partial charge < -0.3 is 21.3 Å². The number of rotatable bonds is 8. The summed E-state index contributed by atoms with van der Waals surface area (Å²) in [6.07, 6.45) is 8.10. The van der Waals surface area contributed by atoms with Crippen molar-refractivity contribution in [1.82, 2.24) is 20.6 Å². The average molecular weight is 466 g/mol. The summed E-state index contributed by atoms with van der Waals surface area (Å²) in [6, 6.07) is 11.3. The number of anilines is 2. The Labute approximate surface area is 200 Å². The fraction of sp³-hybridized carbons (Fsp3) is 0.560. The van der Waals surface area contributed by atoms with Crippen LogP contribution in [0.5, 0.6) is 0 Å².